The Morgan fingerprint density at radius 3 is 2.86 bits per heavy atom. The zero-order valence-electron chi connectivity index (χ0n) is 15.9. The fraction of sp³-hybridized carbons (Fsp3) is 0.300. The Labute approximate surface area is 173 Å². The Morgan fingerprint density at radius 1 is 1.28 bits per heavy atom. The molecular formula is C20H21ClN6O2. The Bertz CT molecular complexity index is 1020. The number of rotatable bonds is 5. The van der Waals surface area contributed by atoms with Crippen LogP contribution in [0.25, 0.3) is 11.3 Å². The molecule has 4 rings (SSSR count). The number of nitrogens with one attached hydrogen (secondary N) is 2. The monoisotopic (exact) mass is 412 g/mol. The zero-order valence-corrected chi connectivity index (χ0v) is 16.7. The molecule has 0 unspecified atom stereocenters. The number of carbonyl (C=O) groups is 1. The minimum absolute atomic E-state index is 0.345. The Hall–Kier alpha value is -2.97. The van der Waals surface area contributed by atoms with Gasteiger partial charge >= 0.3 is 5.97 Å². The molecule has 2 aromatic heterocycles. The van der Waals surface area contributed by atoms with E-state index in [0.717, 1.165) is 31.6 Å². The maximum Gasteiger partial charge on any atom is 0.338 e. The third-order valence-corrected chi connectivity index (χ3v) is 5.15. The molecule has 1 fully saturated rings. The maximum atomic E-state index is 12.1. The molecule has 1 aliphatic heterocycles. The topological polar surface area (TPSA) is 94.0 Å². The van der Waals surface area contributed by atoms with Crippen molar-refractivity contribution in [3.63, 3.8) is 0 Å². The van der Waals surface area contributed by atoms with Crippen molar-refractivity contribution in [2.75, 3.05) is 25.5 Å². The molecule has 8 nitrogen and oxygen atoms in total. The van der Waals surface area contributed by atoms with Crippen LogP contribution in [0.1, 0.15) is 29.2 Å². The van der Waals surface area contributed by atoms with Crippen LogP contribution in [0.2, 0.25) is 5.02 Å². The second-order valence-electron chi connectivity index (χ2n) is 6.74. The summed E-state index contributed by atoms with van der Waals surface area (Å²) in [5.41, 5.74) is 2.22. The first-order valence-corrected chi connectivity index (χ1v) is 9.75. The summed E-state index contributed by atoms with van der Waals surface area (Å²) in [4.78, 5) is 20.9. The van der Waals surface area contributed by atoms with Gasteiger partial charge in [0.05, 0.1) is 47.5 Å². The van der Waals surface area contributed by atoms with E-state index in [9.17, 15) is 4.79 Å². The molecule has 0 spiro atoms. The van der Waals surface area contributed by atoms with Crippen molar-refractivity contribution in [2.24, 2.45) is 0 Å². The third kappa shape index (κ3) is 4.23. The van der Waals surface area contributed by atoms with E-state index in [1.54, 1.807) is 24.4 Å². The first kappa shape index (κ1) is 19.4. The average Bonchev–Trinajstić information content (AvgIpc) is 3.24. The van der Waals surface area contributed by atoms with Crippen LogP contribution in [0.4, 0.5) is 11.6 Å². The highest BCUT2D eigenvalue weighted by Crippen LogP contribution is 2.30. The van der Waals surface area contributed by atoms with Crippen LogP contribution in [0.5, 0.6) is 0 Å². The SMILES string of the molecule is COC(=O)c1ccccc1-c1nc(Nc2cnn(C3CCNCC3)c2)ncc1Cl. The van der Waals surface area contributed by atoms with Crippen molar-refractivity contribution in [2.45, 2.75) is 18.9 Å². The molecule has 0 atom stereocenters. The fourth-order valence-corrected chi connectivity index (χ4v) is 3.59. The third-order valence-electron chi connectivity index (χ3n) is 4.87. The van der Waals surface area contributed by atoms with Crippen LogP contribution < -0.4 is 10.6 Å². The van der Waals surface area contributed by atoms with Gasteiger partial charge in [0, 0.05) is 11.8 Å². The Balaban J connectivity index is 1.60. The number of ether oxygens (including phenoxy) is 1. The molecule has 0 radical (unpaired) electrons. The summed E-state index contributed by atoms with van der Waals surface area (Å²) in [5, 5.41) is 11.3. The predicted octanol–water partition coefficient (Wildman–Crippen LogP) is 3.45. The summed E-state index contributed by atoms with van der Waals surface area (Å²) in [6.07, 6.45) is 7.32. The Morgan fingerprint density at radius 2 is 2.07 bits per heavy atom. The first-order valence-electron chi connectivity index (χ1n) is 9.38. The summed E-state index contributed by atoms with van der Waals surface area (Å²) >= 11 is 6.33. The largest absolute Gasteiger partial charge is 0.465 e. The van der Waals surface area contributed by atoms with Gasteiger partial charge in [-0.15, -0.1) is 0 Å². The van der Waals surface area contributed by atoms with E-state index < -0.39 is 5.97 Å². The van der Waals surface area contributed by atoms with Crippen LogP contribution in [-0.2, 0) is 4.74 Å². The molecule has 1 aliphatic rings. The summed E-state index contributed by atoms with van der Waals surface area (Å²) < 4.78 is 6.85. The van der Waals surface area contributed by atoms with Gasteiger partial charge in [-0.05, 0) is 32.0 Å². The van der Waals surface area contributed by atoms with E-state index in [2.05, 4.69) is 25.7 Å². The van der Waals surface area contributed by atoms with Crippen molar-refractivity contribution in [1.29, 1.82) is 0 Å². The highest BCUT2D eigenvalue weighted by Gasteiger charge is 2.18. The first-order chi connectivity index (χ1) is 14.2. The molecule has 150 valence electrons. The lowest BCUT2D eigenvalue weighted by atomic mass is 10.0. The standard InChI is InChI=1S/C20H21ClN6O2/c1-29-19(28)16-5-3-2-4-15(16)18-17(21)11-23-20(26-18)25-13-10-24-27(12-13)14-6-8-22-9-7-14/h2-5,10-12,14,22H,6-9H2,1H3,(H,23,25,26). The minimum Gasteiger partial charge on any atom is -0.465 e. The van der Waals surface area contributed by atoms with E-state index >= 15 is 0 Å². The van der Waals surface area contributed by atoms with Gasteiger partial charge < -0.3 is 15.4 Å². The van der Waals surface area contributed by atoms with Gasteiger partial charge in [0.1, 0.15) is 0 Å². The summed E-state index contributed by atoms with van der Waals surface area (Å²) in [6, 6.07) is 7.42. The van der Waals surface area contributed by atoms with E-state index in [1.165, 1.54) is 13.3 Å². The van der Waals surface area contributed by atoms with Gasteiger partial charge in [-0.25, -0.2) is 14.8 Å². The molecule has 1 saturated heterocycles. The number of anilines is 2. The second kappa shape index (κ2) is 8.59. The minimum atomic E-state index is -0.451. The van der Waals surface area contributed by atoms with Crippen LogP contribution in [0, 0.1) is 0 Å². The van der Waals surface area contributed by atoms with Crippen molar-refractivity contribution in [3.05, 3.63) is 53.4 Å². The smallest absolute Gasteiger partial charge is 0.338 e. The number of methoxy groups -OCH3 is 1. The number of esters is 1. The number of carbonyl (C=O) groups excluding carboxylic acids is 1. The number of nitrogens with zero attached hydrogens (tertiary/aromatic N) is 4. The van der Waals surface area contributed by atoms with Crippen molar-refractivity contribution in [3.8, 4) is 11.3 Å². The normalized spacial score (nSPS) is 14.6. The molecular weight excluding hydrogens is 392 g/mol. The number of hydrogen-bond acceptors (Lipinski definition) is 7. The lowest BCUT2D eigenvalue weighted by molar-refractivity contribution is 0.0601. The van der Waals surface area contributed by atoms with Gasteiger partial charge in [-0.1, -0.05) is 29.8 Å². The summed E-state index contributed by atoms with van der Waals surface area (Å²) in [7, 11) is 1.34. The van der Waals surface area contributed by atoms with Crippen molar-refractivity contribution in [1.82, 2.24) is 25.1 Å². The molecule has 1 aromatic carbocycles. The lowest BCUT2D eigenvalue weighted by Crippen LogP contribution is -2.29. The van der Waals surface area contributed by atoms with Gasteiger partial charge in [0.25, 0.3) is 0 Å². The van der Waals surface area contributed by atoms with E-state index in [-0.39, 0.29) is 0 Å². The highest BCUT2D eigenvalue weighted by atomic mass is 35.5. The average molecular weight is 413 g/mol. The van der Waals surface area contributed by atoms with Gasteiger partial charge in [-0.3, -0.25) is 4.68 Å². The fourth-order valence-electron chi connectivity index (χ4n) is 3.40. The van der Waals surface area contributed by atoms with Crippen LogP contribution in [0.15, 0.2) is 42.9 Å². The summed E-state index contributed by atoms with van der Waals surface area (Å²) in [6.45, 7) is 1.99. The summed E-state index contributed by atoms with van der Waals surface area (Å²) in [5.74, 6) is -0.0815. The van der Waals surface area contributed by atoms with Crippen LogP contribution in [-0.4, -0.2) is 45.9 Å². The van der Waals surface area contributed by atoms with E-state index in [0.29, 0.717) is 33.8 Å². The van der Waals surface area contributed by atoms with Gasteiger partial charge in [0.2, 0.25) is 5.95 Å². The molecule has 29 heavy (non-hydrogen) atoms. The second-order valence-corrected chi connectivity index (χ2v) is 7.15. The molecule has 2 N–H and O–H groups in total. The number of benzene rings is 1. The van der Waals surface area contributed by atoms with Gasteiger partial charge in [0.15, 0.2) is 0 Å². The Kier molecular flexibility index (Phi) is 5.73. The molecule has 3 aromatic rings. The van der Waals surface area contributed by atoms with Crippen molar-refractivity contribution >= 4 is 29.2 Å². The van der Waals surface area contributed by atoms with E-state index in [4.69, 9.17) is 16.3 Å². The lowest BCUT2D eigenvalue weighted by Gasteiger charge is -2.22. The van der Waals surface area contributed by atoms with Gasteiger partial charge in [-0.2, -0.15) is 5.10 Å². The van der Waals surface area contributed by atoms with Crippen molar-refractivity contribution < 1.29 is 9.53 Å². The van der Waals surface area contributed by atoms with Crippen LogP contribution >= 0.6 is 11.6 Å². The quantitative estimate of drug-likeness (QED) is 0.620. The molecule has 0 bridgehead atoms. The van der Waals surface area contributed by atoms with Crippen LogP contribution in [0.3, 0.4) is 0 Å². The number of halogens is 1. The number of hydrogen-bond donors (Lipinski definition) is 2. The molecule has 0 amide bonds. The molecule has 0 saturated carbocycles. The molecule has 9 heteroatoms. The van der Waals surface area contributed by atoms with E-state index in [1.807, 2.05) is 16.9 Å². The molecule has 0 aliphatic carbocycles. The number of aromatic nitrogens is 4. The molecule has 3 heterocycles. The zero-order chi connectivity index (χ0) is 20.2. The number of piperidine rings is 1. The predicted molar refractivity (Wildman–Crippen MR) is 110 cm³/mol. The maximum absolute atomic E-state index is 12.1. The highest BCUT2D eigenvalue weighted by molar-refractivity contribution is 6.33.